The molecule has 3 aliphatic heterocycles. The highest BCUT2D eigenvalue weighted by Crippen LogP contribution is 2.47. The molecule has 148 valence electrons. The molecular formula is C22H26N2O4. The van der Waals surface area contributed by atoms with Crippen LogP contribution in [0.2, 0.25) is 0 Å². The zero-order chi connectivity index (χ0) is 19.9. The number of H-pyrrole nitrogens is 1. The minimum absolute atomic E-state index is 0.0309. The Kier molecular flexibility index (Phi) is 4.75. The molecule has 1 unspecified atom stereocenters. The first-order chi connectivity index (χ1) is 13.5. The Labute approximate surface area is 164 Å². The molecule has 3 atom stereocenters. The van der Waals surface area contributed by atoms with E-state index < -0.39 is 11.4 Å². The minimum atomic E-state index is -1.08. The summed E-state index contributed by atoms with van der Waals surface area (Å²) in [5.41, 5.74) is 2.99. The summed E-state index contributed by atoms with van der Waals surface area (Å²) in [6.07, 6.45) is 2.90. The van der Waals surface area contributed by atoms with E-state index in [4.69, 9.17) is 9.47 Å². The van der Waals surface area contributed by atoms with E-state index in [9.17, 15) is 9.59 Å². The van der Waals surface area contributed by atoms with Crippen molar-refractivity contribution in [2.75, 3.05) is 26.8 Å². The fourth-order valence-corrected chi connectivity index (χ4v) is 4.95. The Balaban J connectivity index is 2.03. The van der Waals surface area contributed by atoms with Gasteiger partial charge in [-0.25, -0.2) is 0 Å². The Bertz CT molecular complexity index is 961. The summed E-state index contributed by atoms with van der Waals surface area (Å²) >= 11 is 0. The van der Waals surface area contributed by atoms with Gasteiger partial charge in [-0.2, -0.15) is 0 Å². The smallest absolute Gasteiger partial charge is 0.321 e. The third kappa shape index (κ3) is 2.75. The molecular weight excluding hydrogens is 356 g/mol. The SMILES string of the molecule is CC=C1CN2CC[C@@H]1[C@](COC(C)=O)(C(=O)OC)c1[nH]c3ccccc3c1C2. The number of benzene rings is 1. The number of rotatable bonds is 3. The van der Waals surface area contributed by atoms with Gasteiger partial charge in [0.05, 0.1) is 7.11 Å². The van der Waals surface area contributed by atoms with Crippen molar-refractivity contribution in [3.63, 3.8) is 0 Å². The molecule has 0 radical (unpaired) electrons. The Morgan fingerprint density at radius 3 is 2.82 bits per heavy atom. The molecule has 1 saturated heterocycles. The summed E-state index contributed by atoms with van der Waals surface area (Å²) in [6, 6.07) is 8.07. The number of para-hydroxylation sites is 1. The average Bonchev–Trinajstić information content (AvgIpc) is 3.05. The number of hydrogen-bond donors (Lipinski definition) is 1. The van der Waals surface area contributed by atoms with E-state index in [0.717, 1.165) is 48.2 Å². The maximum atomic E-state index is 13.4. The number of nitrogens with one attached hydrogen (secondary N) is 1. The number of piperidine rings is 1. The van der Waals surface area contributed by atoms with Gasteiger partial charge in [0.15, 0.2) is 0 Å². The Morgan fingerprint density at radius 2 is 2.11 bits per heavy atom. The van der Waals surface area contributed by atoms with Gasteiger partial charge in [-0.05, 0) is 31.5 Å². The molecule has 6 heteroatoms. The van der Waals surface area contributed by atoms with Crippen LogP contribution in [0.1, 0.15) is 31.5 Å². The van der Waals surface area contributed by atoms with Crippen LogP contribution in [0, 0.1) is 5.92 Å². The lowest BCUT2D eigenvalue weighted by atomic mass is 9.65. The quantitative estimate of drug-likeness (QED) is 0.653. The number of fused-ring (bicyclic) bond motifs is 3. The van der Waals surface area contributed by atoms with Crippen molar-refractivity contribution in [3.8, 4) is 0 Å². The van der Waals surface area contributed by atoms with Crippen LogP contribution in [0.25, 0.3) is 10.9 Å². The summed E-state index contributed by atoms with van der Waals surface area (Å²) in [5, 5.41) is 1.10. The highest BCUT2D eigenvalue weighted by atomic mass is 16.5. The van der Waals surface area contributed by atoms with Gasteiger partial charge >= 0.3 is 11.9 Å². The monoisotopic (exact) mass is 382 g/mol. The van der Waals surface area contributed by atoms with E-state index in [2.05, 4.69) is 22.0 Å². The summed E-state index contributed by atoms with van der Waals surface area (Å²) in [5.74, 6) is -0.851. The van der Waals surface area contributed by atoms with Crippen molar-refractivity contribution in [3.05, 3.63) is 47.2 Å². The van der Waals surface area contributed by atoms with Gasteiger partial charge < -0.3 is 14.5 Å². The third-order valence-corrected chi connectivity index (χ3v) is 6.25. The molecule has 1 N–H and O–H groups in total. The second-order valence-electron chi connectivity index (χ2n) is 7.68. The van der Waals surface area contributed by atoms with Crippen molar-refractivity contribution < 1.29 is 19.1 Å². The van der Waals surface area contributed by atoms with Crippen molar-refractivity contribution in [1.82, 2.24) is 9.88 Å². The minimum Gasteiger partial charge on any atom is -0.468 e. The molecule has 6 nitrogen and oxygen atoms in total. The second-order valence-corrected chi connectivity index (χ2v) is 7.68. The summed E-state index contributed by atoms with van der Waals surface area (Å²) in [7, 11) is 1.41. The number of aromatic amines is 1. The van der Waals surface area contributed by atoms with E-state index >= 15 is 0 Å². The van der Waals surface area contributed by atoms with Crippen LogP contribution in [-0.2, 0) is 31.0 Å². The number of ether oxygens (including phenoxy) is 2. The summed E-state index contributed by atoms with van der Waals surface area (Å²) in [4.78, 5) is 31.0. The van der Waals surface area contributed by atoms with Gasteiger partial charge in [0, 0.05) is 42.5 Å². The number of aromatic nitrogens is 1. The van der Waals surface area contributed by atoms with Crippen molar-refractivity contribution in [1.29, 1.82) is 0 Å². The van der Waals surface area contributed by atoms with Crippen LogP contribution in [0.5, 0.6) is 0 Å². The van der Waals surface area contributed by atoms with E-state index in [-0.39, 0.29) is 18.5 Å². The molecule has 1 aromatic carbocycles. The van der Waals surface area contributed by atoms with Gasteiger partial charge in [0.1, 0.15) is 12.0 Å². The van der Waals surface area contributed by atoms with Gasteiger partial charge in [-0.3, -0.25) is 14.5 Å². The highest BCUT2D eigenvalue weighted by molar-refractivity contribution is 5.91. The number of methoxy groups -OCH3 is 1. The van der Waals surface area contributed by atoms with Gasteiger partial charge in [-0.15, -0.1) is 0 Å². The van der Waals surface area contributed by atoms with Crippen LogP contribution in [0.4, 0.5) is 0 Å². The number of esters is 2. The molecule has 1 aromatic heterocycles. The maximum absolute atomic E-state index is 13.4. The number of carbonyl (C=O) groups excluding carboxylic acids is 2. The fourth-order valence-electron chi connectivity index (χ4n) is 4.95. The second kappa shape index (κ2) is 7.09. The predicted octanol–water partition coefficient (Wildman–Crippen LogP) is 2.92. The van der Waals surface area contributed by atoms with E-state index in [1.165, 1.54) is 19.6 Å². The largest absolute Gasteiger partial charge is 0.468 e. The fraction of sp³-hybridized carbons (Fsp3) is 0.455. The predicted molar refractivity (Wildman–Crippen MR) is 106 cm³/mol. The first-order valence-electron chi connectivity index (χ1n) is 9.70. The van der Waals surface area contributed by atoms with Crippen LogP contribution >= 0.6 is 0 Å². The van der Waals surface area contributed by atoms with Crippen LogP contribution in [0.3, 0.4) is 0 Å². The van der Waals surface area contributed by atoms with E-state index in [1.54, 1.807) is 0 Å². The van der Waals surface area contributed by atoms with Crippen LogP contribution < -0.4 is 0 Å². The molecule has 0 aliphatic carbocycles. The summed E-state index contributed by atoms with van der Waals surface area (Å²) in [6.45, 7) is 5.78. The molecule has 1 fully saturated rings. The molecule has 4 heterocycles. The van der Waals surface area contributed by atoms with Crippen molar-refractivity contribution >= 4 is 22.8 Å². The molecule has 2 bridgehead atoms. The van der Waals surface area contributed by atoms with Gasteiger partial charge in [-0.1, -0.05) is 29.8 Å². The number of allylic oxidation sites excluding steroid dienone is 1. The van der Waals surface area contributed by atoms with Crippen LogP contribution in [-0.4, -0.2) is 48.6 Å². The molecule has 0 saturated carbocycles. The lowest BCUT2D eigenvalue weighted by Crippen LogP contribution is -2.55. The average molecular weight is 382 g/mol. The lowest BCUT2D eigenvalue weighted by Gasteiger charge is -2.46. The number of hydrogen-bond acceptors (Lipinski definition) is 5. The topological polar surface area (TPSA) is 71.6 Å². The van der Waals surface area contributed by atoms with Gasteiger partial charge in [0.2, 0.25) is 0 Å². The normalized spacial score (nSPS) is 27.9. The first kappa shape index (κ1) is 18.7. The van der Waals surface area contributed by atoms with Crippen molar-refractivity contribution in [2.24, 2.45) is 5.92 Å². The summed E-state index contributed by atoms with van der Waals surface area (Å²) < 4.78 is 10.8. The zero-order valence-corrected chi connectivity index (χ0v) is 16.6. The molecule has 2 aromatic rings. The van der Waals surface area contributed by atoms with Crippen LogP contribution in [0.15, 0.2) is 35.9 Å². The zero-order valence-electron chi connectivity index (χ0n) is 16.6. The molecule has 5 rings (SSSR count). The Morgan fingerprint density at radius 1 is 1.32 bits per heavy atom. The standard InChI is InChI=1S/C22H26N2O4/c1-4-15-11-24-10-9-18(15)22(21(26)27-3,13-28-14(2)25)20-17(12-24)16-7-5-6-8-19(16)23-20/h4-8,18,23H,9-13H2,1-3H3/t18-,22-/m0/s1. The van der Waals surface area contributed by atoms with Gasteiger partial charge in [0.25, 0.3) is 0 Å². The number of carbonyl (C=O) groups is 2. The first-order valence-corrected chi connectivity index (χ1v) is 9.70. The van der Waals surface area contributed by atoms with E-state index in [1.807, 2.05) is 25.1 Å². The molecule has 0 spiro atoms. The molecule has 0 amide bonds. The number of nitrogens with zero attached hydrogens (tertiary/aromatic N) is 1. The maximum Gasteiger partial charge on any atom is 0.321 e. The molecule has 28 heavy (non-hydrogen) atoms. The van der Waals surface area contributed by atoms with E-state index in [0.29, 0.717) is 0 Å². The Hall–Kier alpha value is -2.60. The lowest BCUT2D eigenvalue weighted by molar-refractivity contribution is -0.158. The highest BCUT2D eigenvalue weighted by Gasteiger charge is 2.55. The molecule has 3 aliphatic rings. The third-order valence-electron chi connectivity index (χ3n) is 6.25. The van der Waals surface area contributed by atoms with Crippen molar-refractivity contribution in [2.45, 2.75) is 32.2 Å².